The molecule has 3 rings (SSSR count). The van der Waals surface area contributed by atoms with Gasteiger partial charge in [-0.25, -0.2) is 4.98 Å². The lowest BCUT2D eigenvalue weighted by Gasteiger charge is -2.30. The number of aromatic nitrogens is 2. The molecular formula is C16H28N4. The minimum Gasteiger partial charge on any atom is -0.333 e. The molecule has 1 saturated heterocycles. The van der Waals surface area contributed by atoms with E-state index in [1.54, 1.807) is 0 Å². The Balaban J connectivity index is 1.60. The average Bonchev–Trinajstić information content (AvgIpc) is 3.23. The van der Waals surface area contributed by atoms with Crippen LogP contribution in [-0.4, -0.2) is 40.1 Å². The molecule has 2 aliphatic rings. The van der Waals surface area contributed by atoms with Crippen LogP contribution in [0.3, 0.4) is 0 Å². The summed E-state index contributed by atoms with van der Waals surface area (Å²) in [4.78, 5) is 7.05. The van der Waals surface area contributed by atoms with Gasteiger partial charge < -0.3 is 9.88 Å². The van der Waals surface area contributed by atoms with Gasteiger partial charge in [0.2, 0.25) is 0 Å². The second-order valence-electron chi connectivity index (χ2n) is 6.45. The number of rotatable bonds is 7. The predicted molar refractivity (Wildman–Crippen MR) is 81.5 cm³/mol. The minimum atomic E-state index is 0.835. The molecule has 0 spiro atoms. The summed E-state index contributed by atoms with van der Waals surface area (Å²) in [6, 6.07) is 0.835. The van der Waals surface area contributed by atoms with Gasteiger partial charge in [0.15, 0.2) is 0 Å². The van der Waals surface area contributed by atoms with Gasteiger partial charge in [-0.1, -0.05) is 6.92 Å². The van der Waals surface area contributed by atoms with E-state index in [0.29, 0.717) is 0 Å². The summed E-state index contributed by atoms with van der Waals surface area (Å²) >= 11 is 0. The third-order valence-electron chi connectivity index (χ3n) is 4.58. The van der Waals surface area contributed by atoms with Gasteiger partial charge in [0.05, 0.1) is 12.0 Å². The van der Waals surface area contributed by atoms with Crippen molar-refractivity contribution in [1.29, 1.82) is 0 Å². The minimum absolute atomic E-state index is 0.835. The predicted octanol–water partition coefficient (Wildman–Crippen LogP) is 2.26. The van der Waals surface area contributed by atoms with Gasteiger partial charge in [0.25, 0.3) is 0 Å². The van der Waals surface area contributed by atoms with Crippen molar-refractivity contribution < 1.29 is 0 Å². The summed E-state index contributed by atoms with van der Waals surface area (Å²) < 4.78 is 2.33. The summed E-state index contributed by atoms with van der Waals surface area (Å²) in [7, 11) is 0. The number of hydrogen-bond acceptors (Lipinski definition) is 3. The maximum absolute atomic E-state index is 4.34. The molecule has 0 radical (unpaired) electrons. The normalized spacial score (nSPS) is 23.4. The first-order valence-corrected chi connectivity index (χ1v) is 8.30. The zero-order chi connectivity index (χ0) is 13.8. The molecule has 4 heteroatoms. The zero-order valence-corrected chi connectivity index (χ0v) is 12.7. The summed E-state index contributed by atoms with van der Waals surface area (Å²) in [6.45, 7) is 8.09. The molecule has 1 unspecified atom stereocenters. The molecule has 1 aliphatic carbocycles. The van der Waals surface area contributed by atoms with Crippen molar-refractivity contribution in [2.75, 3.05) is 19.6 Å². The number of hydrogen-bond donors (Lipinski definition) is 1. The quantitative estimate of drug-likeness (QED) is 0.829. The SMILES string of the molecule is CCCn1cncc1CN(CC1CCCNC1)C1CC1. The lowest BCUT2D eigenvalue weighted by Crippen LogP contribution is -2.39. The maximum Gasteiger partial charge on any atom is 0.0948 e. The molecule has 1 aliphatic heterocycles. The molecule has 1 aromatic heterocycles. The van der Waals surface area contributed by atoms with Crippen molar-refractivity contribution in [3.8, 4) is 0 Å². The standard InChI is InChI=1S/C16H28N4/c1-2-8-19-13-18-10-16(19)12-20(15-5-6-15)11-14-4-3-7-17-9-14/h10,13-15,17H,2-9,11-12H2,1H3. The highest BCUT2D eigenvalue weighted by Crippen LogP contribution is 2.30. The summed E-state index contributed by atoms with van der Waals surface area (Å²) in [5.41, 5.74) is 1.39. The van der Waals surface area contributed by atoms with Crippen LogP contribution in [0.5, 0.6) is 0 Å². The van der Waals surface area contributed by atoms with E-state index in [2.05, 4.69) is 32.9 Å². The van der Waals surface area contributed by atoms with Crippen molar-refractivity contribution in [2.24, 2.45) is 5.92 Å². The third kappa shape index (κ3) is 3.61. The molecule has 2 heterocycles. The number of imidazole rings is 1. The van der Waals surface area contributed by atoms with Gasteiger partial charge in [-0.15, -0.1) is 0 Å². The fraction of sp³-hybridized carbons (Fsp3) is 0.812. The molecule has 1 N–H and O–H groups in total. The highest BCUT2D eigenvalue weighted by atomic mass is 15.2. The number of piperidine rings is 1. The Morgan fingerprint density at radius 1 is 1.40 bits per heavy atom. The molecule has 1 atom stereocenters. The lowest BCUT2D eigenvalue weighted by atomic mass is 9.99. The van der Waals surface area contributed by atoms with Crippen LogP contribution in [0, 0.1) is 5.92 Å². The number of aryl methyl sites for hydroxylation is 1. The van der Waals surface area contributed by atoms with Crippen LogP contribution in [0.2, 0.25) is 0 Å². The summed E-state index contributed by atoms with van der Waals surface area (Å²) in [6.07, 6.45) is 10.8. The van der Waals surface area contributed by atoms with Gasteiger partial charge in [-0.05, 0) is 51.1 Å². The van der Waals surface area contributed by atoms with Gasteiger partial charge in [0.1, 0.15) is 0 Å². The van der Waals surface area contributed by atoms with Crippen LogP contribution >= 0.6 is 0 Å². The Bertz CT molecular complexity index is 404. The zero-order valence-electron chi connectivity index (χ0n) is 12.7. The van der Waals surface area contributed by atoms with Crippen LogP contribution in [0.25, 0.3) is 0 Å². The fourth-order valence-electron chi connectivity index (χ4n) is 3.32. The molecule has 1 saturated carbocycles. The van der Waals surface area contributed by atoms with Crippen molar-refractivity contribution in [3.63, 3.8) is 0 Å². The van der Waals surface area contributed by atoms with Crippen LogP contribution in [0.1, 0.15) is 44.7 Å². The van der Waals surface area contributed by atoms with E-state index in [0.717, 1.165) is 25.0 Å². The van der Waals surface area contributed by atoms with E-state index >= 15 is 0 Å². The second-order valence-corrected chi connectivity index (χ2v) is 6.45. The number of nitrogens with one attached hydrogen (secondary N) is 1. The van der Waals surface area contributed by atoms with Crippen molar-refractivity contribution in [1.82, 2.24) is 19.8 Å². The lowest BCUT2D eigenvalue weighted by molar-refractivity contribution is 0.189. The Labute approximate surface area is 122 Å². The highest BCUT2D eigenvalue weighted by Gasteiger charge is 2.31. The van der Waals surface area contributed by atoms with Gasteiger partial charge in [-0.3, -0.25) is 4.90 Å². The van der Waals surface area contributed by atoms with Crippen molar-refractivity contribution in [2.45, 2.75) is 58.2 Å². The molecule has 4 nitrogen and oxygen atoms in total. The summed E-state index contributed by atoms with van der Waals surface area (Å²) in [5, 5.41) is 3.55. The average molecular weight is 276 g/mol. The van der Waals surface area contributed by atoms with Gasteiger partial charge >= 0.3 is 0 Å². The number of nitrogens with zero attached hydrogens (tertiary/aromatic N) is 3. The van der Waals surface area contributed by atoms with E-state index in [-0.39, 0.29) is 0 Å². The molecule has 0 bridgehead atoms. The second kappa shape index (κ2) is 6.72. The first-order chi connectivity index (χ1) is 9.86. The van der Waals surface area contributed by atoms with Crippen LogP contribution in [0.4, 0.5) is 0 Å². The first kappa shape index (κ1) is 14.1. The third-order valence-corrected chi connectivity index (χ3v) is 4.58. The van der Waals surface area contributed by atoms with E-state index in [9.17, 15) is 0 Å². The van der Waals surface area contributed by atoms with Crippen LogP contribution in [-0.2, 0) is 13.1 Å². The fourth-order valence-corrected chi connectivity index (χ4v) is 3.32. The Morgan fingerprint density at radius 2 is 2.30 bits per heavy atom. The molecule has 0 aromatic carbocycles. The van der Waals surface area contributed by atoms with Crippen LogP contribution in [0.15, 0.2) is 12.5 Å². The molecule has 0 amide bonds. The monoisotopic (exact) mass is 276 g/mol. The smallest absolute Gasteiger partial charge is 0.0948 e. The van der Waals surface area contributed by atoms with E-state index in [1.165, 1.54) is 57.4 Å². The maximum atomic E-state index is 4.34. The summed E-state index contributed by atoms with van der Waals surface area (Å²) in [5.74, 6) is 0.840. The van der Waals surface area contributed by atoms with Crippen molar-refractivity contribution in [3.05, 3.63) is 18.2 Å². The van der Waals surface area contributed by atoms with E-state index in [4.69, 9.17) is 0 Å². The van der Waals surface area contributed by atoms with Crippen LogP contribution < -0.4 is 5.32 Å². The topological polar surface area (TPSA) is 33.1 Å². The van der Waals surface area contributed by atoms with Gasteiger partial charge in [0, 0.05) is 31.9 Å². The van der Waals surface area contributed by atoms with Crippen molar-refractivity contribution >= 4 is 0 Å². The highest BCUT2D eigenvalue weighted by molar-refractivity contribution is 5.00. The molecule has 112 valence electrons. The molecule has 20 heavy (non-hydrogen) atoms. The molecule has 1 aromatic rings. The molecular weight excluding hydrogens is 248 g/mol. The van der Waals surface area contributed by atoms with Gasteiger partial charge in [-0.2, -0.15) is 0 Å². The molecule has 2 fully saturated rings. The van der Waals surface area contributed by atoms with E-state index < -0.39 is 0 Å². The van der Waals surface area contributed by atoms with E-state index in [1.807, 2.05) is 6.33 Å². The largest absolute Gasteiger partial charge is 0.333 e. The Morgan fingerprint density at radius 3 is 3.00 bits per heavy atom. The Hall–Kier alpha value is -0.870. The Kier molecular flexibility index (Phi) is 4.73. The first-order valence-electron chi connectivity index (χ1n) is 8.30.